The second kappa shape index (κ2) is 6.02. The third-order valence-corrected chi connectivity index (χ3v) is 4.78. The van der Waals surface area contributed by atoms with Gasteiger partial charge in [0.15, 0.2) is 0 Å². The van der Waals surface area contributed by atoms with Gasteiger partial charge in [-0.05, 0) is 59.8 Å². The Bertz CT molecular complexity index is 518. The summed E-state index contributed by atoms with van der Waals surface area (Å²) in [5.74, 6) is 0.830. The van der Waals surface area contributed by atoms with E-state index in [4.69, 9.17) is 15.7 Å². The predicted molar refractivity (Wildman–Crippen MR) is 83.9 cm³/mol. The molecule has 1 aromatic carbocycles. The quantitative estimate of drug-likeness (QED) is 0.920. The molecule has 1 aliphatic carbocycles. The Hall–Kier alpha value is -1.25. The van der Waals surface area contributed by atoms with Gasteiger partial charge in [0.05, 0.1) is 17.7 Å². The van der Waals surface area contributed by atoms with Crippen LogP contribution in [0.3, 0.4) is 0 Å². The van der Waals surface area contributed by atoms with Crippen LogP contribution in [0.1, 0.15) is 25.7 Å². The monoisotopic (exact) mass is 337 g/mol. The summed E-state index contributed by atoms with van der Waals surface area (Å²) in [4.78, 5) is 2.27. The number of benzene rings is 1. The van der Waals surface area contributed by atoms with Crippen LogP contribution in [0.15, 0.2) is 22.7 Å². The molecule has 2 N–H and O–H groups in total. The highest BCUT2D eigenvalue weighted by molar-refractivity contribution is 9.10. The summed E-state index contributed by atoms with van der Waals surface area (Å²) in [6.45, 7) is 0. The maximum Gasteiger partial charge on any atom is 0.133 e. The van der Waals surface area contributed by atoms with Gasteiger partial charge in [-0.1, -0.05) is 0 Å². The third kappa shape index (κ3) is 3.08. The highest BCUT2D eigenvalue weighted by Gasteiger charge is 2.33. The minimum atomic E-state index is -0.627. The zero-order chi connectivity index (χ0) is 14.8. The largest absolute Gasteiger partial charge is 0.496 e. The van der Waals surface area contributed by atoms with Crippen LogP contribution >= 0.6 is 15.9 Å². The Labute approximate surface area is 128 Å². The van der Waals surface area contributed by atoms with Gasteiger partial charge in [0, 0.05) is 18.8 Å². The van der Waals surface area contributed by atoms with E-state index in [1.807, 2.05) is 6.07 Å². The molecule has 1 aromatic rings. The van der Waals surface area contributed by atoms with Gasteiger partial charge in [0.25, 0.3) is 0 Å². The molecule has 0 saturated heterocycles. The molecular formula is C15H20BrN3O. The van der Waals surface area contributed by atoms with Gasteiger partial charge in [-0.15, -0.1) is 0 Å². The Kier molecular flexibility index (Phi) is 4.56. The zero-order valence-corrected chi connectivity index (χ0v) is 13.5. The molecule has 0 spiro atoms. The summed E-state index contributed by atoms with van der Waals surface area (Å²) in [7, 11) is 3.75. The van der Waals surface area contributed by atoms with Crippen LogP contribution in [0.4, 0.5) is 5.69 Å². The minimum absolute atomic E-state index is 0.431. The van der Waals surface area contributed by atoms with Gasteiger partial charge in [0.2, 0.25) is 0 Å². The number of halogens is 1. The van der Waals surface area contributed by atoms with Crippen LogP contribution < -0.4 is 15.4 Å². The molecule has 0 aromatic heterocycles. The highest BCUT2D eigenvalue weighted by Crippen LogP contribution is 2.34. The molecule has 1 aliphatic rings. The lowest BCUT2D eigenvalue weighted by Gasteiger charge is -2.38. The molecule has 2 rings (SSSR count). The highest BCUT2D eigenvalue weighted by atomic mass is 79.9. The van der Waals surface area contributed by atoms with Gasteiger partial charge < -0.3 is 15.4 Å². The summed E-state index contributed by atoms with van der Waals surface area (Å²) in [6.07, 6.45) is 3.42. The molecule has 20 heavy (non-hydrogen) atoms. The number of anilines is 1. The Morgan fingerprint density at radius 1 is 1.45 bits per heavy atom. The van der Waals surface area contributed by atoms with Crippen molar-refractivity contribution >= 4 is 21.6 Å². The van der Waals surface area contributed by atoms with Crippen LogP contribution in [-0.4, -0.2) is 25.7 Å². The fraction of sp³-hybridized carbons (Fsp3) is 0.533. The van der Waals surface area contributed by atoms with E-state index in [1.54, 1.807) is 7.11 Å². The number of rotatable bonds is 3. The molecule has 0 aliphatic heterocycles. The summed E-state index contributed by atoms with van der Waals surface area (Å²) < 4.78 is 6.20. The predicted octanol–water partition coefficient (Wildman–Crippen LogP) is 3.06. The number of nitrogens with zero attached hydrogens (tertiary/aromatic N) is 2. The molecule has 1 saturated carbocycles. The number of hydrogen-bond donors (Lipinski definition) is 1. The van der Waals surface area contributed by atoms with Crippen molar-refractivity contribution in [1.82, 2.24) is 0 Å². The second-order valence-electron chi connectivity index (χ2n) is 5.43. The molecule has 0 unspecified atom stereocenters. The average Bonchev–Trinajstić information content (AvgIpc) is 2.47. The first-order chi connectivity index (χ1) is 9.49. The van der Waals surface area contributed by atoms with Crippen molar-refractivity contribution in [3.05, 3.63) is 22.7 Å². The van der Waals surface area contributed by atoms with Crippen molar-refractivity contribution in [3.63, 3.8) is 0 Å². The van der Waals surface area contributed by atoms with E-state index in [0.717, 1.165) is 41.6 Å². The lowest BCUT2D eigenvalue weighted by molar-refractivity contribution is 0.327. The number of methoxy groups -OCH3 is 1. The van der Waals surface area contributed by atoms with E-state index in [9.17, 15) is 0 Å². The van der Waals surface area contributed by atoms with Crippen molar-refractivity contribution in [1.29, 1.82) is 5.26 Å². The second-order valence-corrected chi connectivity index (χ2v) is 6.28. The van der Waals surface area contributed by atoms with Crippen LogP contribution in [0.25, 0.3) is 0 Å². The fourth-order valence-electron chi connectivity index (χ4n) is 2.70. The maximum absolute atomic E-state index is 9.08. The first-order valence-electron chi connectivity index (χ1n) is 6.75. The van der Waals surface area contributed by atoms with Crippen molar-refractivity contribution in [2.45, 2.75) is 37.3 Å². The lowest BCUT2D eigenvalue weighted by Crippen LogP contribution is -2.46. The summed E-state index contributed by atoms with van der Waals surface area (Å²) >= 11 is 3.51. The maximum atomic E-state index is 9.08. The lowest BCUT2D eigenvalue weighted by atomic mass is 9.80. The van der Waals surface area contributed by atoms with Gasteiger partial charge in [-0.25, -0.2) is 0 Å². The van der Waals surface area contributed by atoms with Crippen LogP contribution in [0.5, 0.6) is 5.75 Å². The molecule has 0 bridgehead atoms. The molecular weight excluding hydrogens is 318 g/mol. The fourth-order valence-corrected chi connectivity index (χ4v) is 3.23. The normalized spacial score (nSPS) is 25.9. The van der Waals surface area contributed by atoms with E-state index in [0.29, 0.717) is 6.04 Å². The van der Waals surface area contributed by atoms with Gasteiger partial charge in [0.1, 0.15) is 11.3 Å². The van der Waals surface area contributed by atoms with Crippen molar-refractivity contribution in [2.24, 2.45) is 5.73 Å². The smallest absolute Gasteiger partial charge is 0.133 e. The Balaban J connectivity index is 2.07. The summed E-state index contributed by atoms with van der Waals surface area (Å²) in [5.41, 5.74) is 6.53. The van der Waals surface area contributed by atoms with Crippen LogP contribution in [-0.2, 0) is 0 Å². The third-order valence-electron chi connectivity index (χ3n) is 4.16. The standard InChI is InChI=1S/C15H20BrN3O/c1-19(11-5-7-15(18,10-17)8-6-11)12-3-4-14(20-2)13(16)9-12/h3-4,9,11H,5-8,18H2,1-2H3. The molecule has 108 valence electrons. The van der Waals surface area contributed by atoms with Crippen molar-refractivity contribution in [3.8, 4) is 11.8 Å². The summed E-state index contributed by atoms with van der Waals surface area (Å²) in [5, 5.41) is 9.08. The molecule has 0 heterocycles. The molecule has 0 amide bonds. The zero-order valence-electron chi connectivity index (χ0n) is 11.9. The molecule has 1 fully saturated rings. The summed E-state index contributed by atoms with van der Waals surface area (Å²) in [6, 6.07) is 8.75. The first kappa shape index (κ1) is 15.1. The molecule has 4 nitrogen and oxygen atoms in total. The minimum Gasteiger partial charge on any atom is -0.496 e. The van der Waals surface area contributed by atoms with E-state index in [2.05, 4.69) is 46.1 Å². The van der Waals surface area contributed by atoms with E-state index >= 15 is 0 Å². The first-order valence-corrected chi connectivity index (χ1v) is 7.55. The molecule has 0 radical (unpaired) electrons. The molecule has 0 atom stereocenters. The Morgan fingerprint density at radius 2 is 2.10 bits per heavy atom. The van der Waals surface area contributed by atoms with E-state index in [1.165, 1.54) is 0 Å². The van der Waals surface area contributed by atoms with E-state index in [-0.39, 0.29) is 0 Å². The van der Waals surface area contributed by atoms with Gasteiger partial charge in [-0.3, -0.25) is 0 Å². The number of hydrogen-bond acceptors (Lipinski definition) is 4. The number of nitriles is 1. The van der Waals surface area contributed by atoms with Crippen molar-refractivity contribution in [2.75, 3.05) is 19.1 Å². The average molecular weight is 338 g/mol. The van der Waals surface area contributed by atoms with Crippen molar-refractivity contribution < 1.29 is 4.74 Å². The van der Waals surface area contributed by atoms with Gasteiger partial charge >= 0.3 is 0 Å². The topological polar surface area (TPSA) is 62.3 Å². The Morgan fingerprint density at radius 3 is 2.60 bits per heavy atom. The molecule has 5 heteroatoms. The van der Waals surface area contributed by atoms with Crippen LogP contribution in [0.2, 0.25) is 0 Å². The van der Waals surface area contributed by atoms with E-state index < -0.39 is 5.54 Å². The van der Waals surface area contributed by atoms with Crippen LogP contribution in [0, 0.1) is 11.3 Å². The SMILES string of the molecule is COc1ccc(N(C)C2CCC(N)(C#N)CC2)cc1Br. The number of nitrogens with two attached hydrogens (primary N) is 1. The number of ether oxygens (including phenoxy) is 1. The van der Waals surface area contributed by atoms with Gasteiger partial charge in [-0.2, -0.15) is 5.26 Å².